The van der Waals surface area contributed by atoms with Gasteiger partial charge in [0, 0.05) is 19.4 Å². The molecule has 1 aliphatic heterocycles. The highest BCUT2D eigenvalue weighted by Gasteiger charge is 2.33. The molecule has 2 heteroatoms. The third-order valence-corrected chi connectivity index (χ3v) is 2.34. The maximum Gasteiger partial charge on any atom is 0.0898 e. The van der Waals surface area contributed by atoms with Gasteiger partial charge in [-0.3, -0.25) is 0 Å². The molecule has 0 amide bonds. The zero-order valence-corrected chi connectivity index (χ0v) is 7.26. The molecule has 1 N–H and O–H groups in total. The molecule has 2 unspecified atom stereocenters. The summed E-state index contributed by atoms with van der Waals surface area (Å²) in [7, 11) is 0. The van der Waals surface area contributed by atoms with Crippen LogP contribution in [0.25, 0.3) is 0 Å². The van der Waals surface area contributed by atoms with Crippen LogP contribution in [0.15, 0.2) is 12.2 Å². The minimum atomic E-state index is -0.669. The normalized spacial score (nSPS) is 38.6. The Hall–Kier alpha value is -0.340. The van der Waals surface area contributed by atoms with Gasteiger partial charge in [0.25, 0.3) is 0 Å². The van der Waals surface area contributed by atoms with E-state index in [0.717, 1.165) is 5.57 Å². The van der Waals surface area contributed by atoms with E-state index in [1.54, 1.807) is 0 Å². The predicted octanol–water partition coefficient (Wildman–Crippen LogP) is 1.49. The summed E-state index contributed by atoms with van der Waals surface area (Å²) in [6.07, 6.45) is 1.53. The molecule has 11 heavy (non-hydrogen) atoms. The third-order valence-electron chi connectivity index (χ3n) is 2.34. The summed E-state index contributed by atoms with van der Waals surface area (Å²) in [5.41, 5.74) is 0.185. The number of rotatable bonds is 1. The number of ether oxygens (including phenoxy) is 1. The molecule has 1 fully saturated rings. The molecule has 0 radical (unpaired) electrons. The van der Waals surface area contributed by atoms with Crippen LogP contribution in [0.1, 0.15) is 26.7 Å². The number of hydrogen-bond acceptors (Lipinski definition) is 2. The van der Waals surface area contributed by atoms with E-state index in [1.165, 1.54) is 0 Å². The van der Waals surface area contributed by atoms with Crippen LogP contribution in [0.3, 0.4) is 0 Å². The van der Waals surface area contributed by atoms with Crippen LogP contribution in [0.4, 0.5) is 0 Å². The Labute approximate surface area is 67.9 Å². The molecule has 1 aliphatic rings. The van der Waals surface area contributed by atoms with Crippen molar-refractivity contribution < 1.29 is 9.84 Å². The van der Waals surface area contributed by atoms with Crippen molar-refractivity contribution >= 4 is 0 Å². The van der Waals surface area contributed by atoms with Crippen molar-refractivity contribution in [1.82, 2.24) is 0 Å². The first-order chi connectivity index (χ1) is 5.04. The summed E-state index contributed by atoms with van der Waals surface area (Å²) in [5, 5.41) is 9.94. The lowest BCUT2D eigenvalue weighted by molar-refractivity contribution is -0.0767. The van der Waals surface area contributed by atoms with Crippen LogP contribution < -0.4 is 0 Å². The van der Waals surface area contributed by atoms with E-state index in [9.17, 15) is 5.11 Å². The van der Waals surface area contributed by atoms with Gasteiger partial charge in [-0.25, -0.2) is 0 Å². The van der Waals surface area contributed by atoms with Gasteiger partial charge in [0.1, 0.15) is 0 Å². The van der Waals surface area contributed by atoms with Gasteiger partial charge in [-0.15, -0.1) is 0 Å². The first-order valence-electron chi connectivity index (χ1n) is 4.04. The first kappa shape index (κ1) is 8.75. The largest absolute Gasteiger partial charge is 0.385 e. The minimum Gasteiger partial charge on any atom is -0.385 e. The molecule has 0 spiro atoms. The van der Waals surface area contributed by atoms with Gasteiger partial charge in [0.05, 0.1) is 11.7 Å². The lowest BCUT2D eigenvalue weighted by atomic mass is 9.85. The Bertz CT molecular complexity index is 165. The fraction of sp³-hybridized carbons (Fsp3) is 0.778. The molecule has 1 heterocycles. The van der Waals surface area contributed by atoms with E-state index in [1.807, 2.05) is 13.8 Å². The van der Waals surface area contributed by atoms with Crippen molar-refractivity contribution in [2.75, 3.05) is 6.61 Å². The Morgan fingerprint density at radius 2 is 2.36 bits per heavy atom. The van der Waals surface area contributed by atoms with Crippen LogP contribution >= 0.6 is 0 Å². The molecular formula is C9H16O2. The molecule has 2 atom stereocenters. The van der Waals surface area contributed by atoms with Crippen LogP contribution in [0.2, 0.25) is 0 Å². The van der Waals surface area contributed by atoms with Gasteiger partial charge in [0.2, 0.25) is 0 Å². The average molecular weight is 156 g/mol. The topological polar surface area (TPSA) is 29.5 Å². The fourth-order valence-corrected chi connectivity index (χ4v) is 1.45. The SMILES string of the molecule is C=C(C)C1(O)CCOC(C)C1. The third kappa shape index (κ3) is 1.82. The second-order valence-corrected chi connectivity index (χ2v) is 3.45. The second kappa shape index (κ2) is 2.95. The van der Waals surface area contributed by atoms with Crippen molar-refractivity contribution in [3.63, 3.8) is 0 Å². The summed E-state index contributed by atoms with van der Waals surface area (Å²) < 4.78 is 5.32. The molecule has 0 bridgehead atoms. The van der Waals surface area contributed by atoms with E-state index >= 15 is 0 Å². The summed E-state index contributed by atoms with van der Waals surface area (Å²) in [6.45, 7) is 8.28. The smallest absolute Gasteiger partial charge is 0.0898 e. The highest BCUT2D eigenvalue weighted by Crippen LogP contribution is 2.29. The summed E-state index contributed by atoms with van der Waals surface area (Å²) in [5.74, 6) is 0. The molecule has 0 aliphatic carbocycles. The quantitative estimate of drug-likeness (QED) is 0.583. The Morgan fingerprint density at radius 1 is 1.73 bits per heavy atom. The highest BCUT2D eigenvalue weighted by molar-refractivity contribution is 5.10. The molecule has 1 saturated heterocycles. The Balaban J connectivity index is 2.63. The average Bonchev–Trinajstić information content (AvgIpc) is 1.86. The fourth-order valence-electron chi connectivity index (χ4n) is 1.45. The Kier molecular flexibility index (Phi) is 2.35. The van der Waals surface area contributed by atoms with Crippen molar-refractivity contribution in [1.29, 1.82) is 0 Å². The number of aliphatic hydroxyl groups is 1. The zero-order valence-electron chi connectivity index (χ0n) is 7.26. The van der Waals surface area contributed by atoms with Crippen LogP contribution in [-0.2, 0) is 4.74 Å². The van der Waals surface area contributed by atoms with E-state index in [0.29, 0.717) is 19.4 Å². The van der Waals surface area contributed by atoms with E-state index in [4.69, 9.17) is 4.74 Å². The standard InChI is InChI=1S/C9H16O2/c1-7(2)9(10)4-5-11-8(3)6-9/h8,10H,1,4-6H2,2-3H3. The maximum atomic E-state index is 9.94. The molecule has 0 aromatic carbocycles. The van der Waals surface area contributed by atoms with Crippen molar-refractivity contribution in [2.24, 2.45) is 0 Å². The van der Waals surface area contributed by atoms with Crippen LogP contribution in [0.5, 0.6) is 0 Å². The zero-order chi connectivity index (χ0) is 8.48. The van der Waals surface area contributed by atoms with E-state index in [2.05, 4.69) is 6.58 Å². The molecule has 2 nitrogen and oxygen atoms in total. The summed E-state index contributed by atoms with van der Waals surface area (Å²) in [6, 6.07) is 0. The summed E-state index contributed by atoms with van der Waals surface area (Å²) >= 11 is 0. The van der Waals surface area contributed by atoms with Crippen molar-refractivity contribution in [3.05, 3.63) is 12.2 Å². The van der Waals surface area contributed by atoms with Gasteiger partial charge in [-0.05, 0) is 19.4 Å². The van der Waals surface area contributed by atoms with E-state index in [-0.39, 0.29) is 6.10 Å². The number of hydrogen-bond donors (Lipinski definition) is 1. The molecule has 64 valence electrons. The predicted molar refractivity (Wildman–Crippen MR) is 44.4 cm³/mol. The van der Waals surface area contributed by atoms with Gasteiger partial charge >= 0.3 is 0 Å². The van der Waals surface area contributed by atoms with Gasteiger partial charge in [0.15, 0.2) is 0 Å². The minimum absolute atomic E-state index is 0.158. The van der Waals surface area contributed by atoms with Crippen LogP contribution in [0, 0.1) is 0 Å². The molecule has 0 aromatic heterocycles. The van der Waals surface area contributed by atoms with Crippen LogP contribution in [-0.4, -0.2) is 23.4 Å². The van der Waals surface area contributed by atoms with Gasteiger partial charge in [-0.1, -0.05) is 6.58 Å². The molecule has 0 aromatic rings. The monoisotopic (exact) mass is 156 g/mol. The molecule has 0 saturated carbocycles. The van der Waals surface area contributed by atoms with Crippen molar-refractivity contribution in [2.45, 2.75) is 38.4 Å². The lowest BCUT2D eigenvalue weighted by Crippen LogP contribution is -2.40. The first-order valence-corrected chi connectivity index (χ1v) is 4.04. The molecular weight excluding hydrogens is 140 g/mol. The molecule has 1 rings (SSSR count). The van der Waals surface area contributed by atoms with E-state index < -0.39 is 5.60 Å². The second-order valence-electron chi connectivity index (χ2n) is 3.45. The summed E-state index contributed by atoms with van der Waals surface area (Å²) in [4.78, 5) is 0. The highest BCUT2D eigenvalue weighted by atomic mass is 16.5. The Morgan fingerprint density at radius 3 is 2.73 bits per heavy atom. The van der Waals surface area contributed by atoms with Gasteiger partial charge in [-0.2, -0.15) is 0 Å². The maximum absolute atomic E-state index is 9.94. The lowest BCUT2D eigenvalue weighted by Gasteiger charge is -2.36. The van der Waals surface area contributed by atoms with Gasteiger partial charge < -0.3 is 9.84 Å². The van der Waals surface area contributed by atoms with Crippen molar-refractivity contribution in [3.8, 4) is 0 Å².